The van der Waals surface area contributed by atoms with Gasteiger partial charge in [-0.3, -0.25) is 9.69 Å². The summed E-state index contributed by atoms with van der Waals surface area (Å²) in [6.07, 6.45) is 0. The minimum atomic E-state index is -0.730. The van der Waals surface area contributed by atoms with Crippen molar-refractivity contribution in [1.29, 1.82) is 0 Å². The summed E-state index contributed by atoms with van der Waals surface area (Å²) in [7, 11) is 3.86. The molecule has 1 N–H and O–H groups in total. The normalized spacial score (nSPS) is 16.2. The fraction of sp³-hybridized carbons (Fsp3) is 0.462. The molecule has 1 aromatic rings. The molecule has 1 heterocycles. The molecule has 0 aliphatic carbocycles. The summed E-state index contributed by atoms with van der Waals surface area (Å²) in [6, 6.07) is 3.59. The van der Waals surface area contributed by atoms with E-state index in [1.54, 1.807) is 6.07 Å². The molecule has 0 bridgehead atoms. The van der Waals surface area contributed by atoms with Gasteiger partial charge in [0.05, 0.1) is 5.92 Å². The Balaban J connectivity index is 2.14. The summed E-state index contributed by atoms with van der Waals surface area (Å²) in [6.45, 7) is 1.79. The molecule has 0 unspecified atom stereocenters. The Morgan fingerprint density at radius 1 is 1.42 bits per heavy atom. The number of benzene rings is 1. The number of carboxylic acid groups (broad SMARTS) is 1. The van der Waals surface area contributed by atoms with Crippen LogP contribution in [0.25, 0.3) is 0 Å². The van der Waals surface area contributed by atoms with Gasteiger partial charge in [0.1, 0.15) is 0 Å². The molecule has 0 radical (unpaired) electrons. The molecule has 1 aromatic carbocycles. The van der Waals surface area contributed by atoms with Crippen molar-refractivity contribution in [3.05, 3.63) is 27.7 Å². The van der Waals surface area contributed by atoms with E-state index in [0.29, 0.717) is 29.7 Å². The molecule has 19 heavy (non-hydrogen) atoms. The van der Waals surface area contributed by atoms with E-state index in [1.807, 2.05) is 25.1 Å². The molecule has 0 aromatic heterocycles. The third-order valence-electron chi connectivity index (χ3n) is 3.31. The van der Waals surface area contributed by atoms with Crippen molar-refractivity contribution < 1.29 is 9.90 Å². The fourth-order valence-electron chi connectivity index (χ4n) is 2.22. The second kappa shape index (κ2) is 5.57. The first-order valence-electron chi connectivity index (χ1n) is 5.99. The van der Waals surface area contributed by atoms with Gasteiger partial charge in [0.15, 0.2) is 0 Å². The Labute approximate surface area is 122 Å². The van der Waals surface area contributed by atoms with Crippen molar-refractivity contribution in [3.63, 3.8) is 0 Å². The SMILES string of the molecule is CN(C)c1cc(Cl)cc(Cl)c1CN1CC(C(=O)O)C1. The molecule has 1 saturated heterocycles. The van der Waals surface area contributed by atoms with Crippen LogP contribution in [0.2, 0.25) is 10.0 Å². The van der Waals surface area contributed by atoms with E-state index in [1.165, 1.54) is 0 Å². The zero-order chi connectivity index (χ0) is 14.2. The fourth-order valence-corrected chi connectivity index (χ4v) is 2.77. The van der Waals surface area contributed by atoms with Crippen molar-refractivity contribution in [1.82, 2.24) is 4.90 Å². The van der Waals surface area contributed by atoms with Crippen LogP contribution in [0.5, 0.6) is 0 Å². The maximum Gasteiger partial charge on any atom is 0.309 e. The van der Waals surface area contributed by atoms with Gasteiger partial charge in [-0.25, -0.2) is 0 Å². The number of rotatable bonds is 4. The summed E-state index contributed by atoms with van der Waals surface area (Å²) in [5.41, 5.74) is 1.95. The highest BCUT2D eigenvalue weighted by molar-refractivity contribution is 6.35. The topological polar surface area (TPSA) is 43.8 Å². The van der Waals surface area contributed by atoms with Gasteiger partial charge in [0, 0.05) is 55.0 Å². The lowest BCUT2D eigenvalue weighted by Crippen LogP contribution is -2.49. The Hall–Kier alpha value is -0.970. The Morgan fingerprint density at radius 2 is 2.05 bits per heavy atom. The van der Waals surface area contributed by atoms with Crippen LogP contribution >= 0.6 is 23.2 Å². The predicted molar refractivity (Wildman–Crippen MR) is 77.2 cm³/mol. The zero-order valence-electron chi connectivity index (χ0n) is 10.9. The average Bonchev–Trinajstić information content (AvgIpc) is 2.23. The van der Waals surface area contributed by atoms with Crippen molar-refractivity contribution >= 4 is 34.9 Å². The molecule has 1 fully saturated rings. The van der Waals surface area contributed by atoms with Gasteiger partial charge in [0.25, 0.3) is 0 Å². The first kappa shape index (κ1) is 14.4. The lowest BCUT2D eigenvalue weighted by molar-refractivity contribution is -0.147. The number of likely N-dealkylation sites (tertiary alicyclic amines) is 1. The standard InChI is InChI=1S/C13H16Cl2N2O2/c1-16(2)12-4-9(14)3-11(15)10(12)7-17-5-8(6-17)13(18)19/h3-4,8H,5-7H2,1-2H3,(H,18,19). The van der Waals surface area contributed by atoms with Gasteiger partial charge in [-0.2, -0.15) is 0 Å². The first-order chi connectivity index (χ1) is 8.88. The van der Waals surface area contributed by atoms with Crippen LogP contribution in [0.1, 0.15) is 5.56 Å². The van der Waals surface area contributed by atoms with Gasteiger partial charge < -0.3 is 10.0 Å². The highest BCUT2D eigenvalue weighted by atomic mass is 35.5. The maximum atomic E-state index is 10.8. The third kappa shape index (κ3) is 3.14. The zero-order valence-corrected chi connectivity index (χ0v) is 12.4. The predicted octanol–water partition coefficient (Wildman–Crippen LogP) is 2.58. The molecule has 2 rings (SSSR count). The van der Waals surface area contributed by atoms with Crippen molar-refractivity contribution in [3.8, 4) is 0 Å². The first-order valence-corrected chi connectivity index (χ1v) is 6.74. The van der Waals surface area contributed by atoms with E-state index in [9.17, 15) is 4.79 Å². The summed E-state index contributed by atoms with van der Waals surface area (Å²) in [4.78, 5) is 14.8. The molecule has 0 amide bonds. The summed E-state index contributed by atoms with van der Waals surface area (Å²) < 4.78 is 0. The van der Waals surface area contributed by atoms with Crippen LogP contribution in [-0.2, 0) is 11.3 Å². The number of hydrogen-bond donors (Lipinski definition) is 1. The van der Waals surface area contributed by atoms with Crippen molar-refractivity contribution in [2.45, 2.75) is 6.54 Å². The van der Waals surface area contributed by atoms with Gasteiger partial charge in [-0.15, -0.1) is 0 Å². The number of halogens is 2. The Bertz CT molecular complexity index is 500. The molecule has 0 spiro atoms. The van der Waals surface area contributed by atoms with E-state index >= 15 is 0 Å². The molecular weight excluding hydrogens is 287 g/mol. The van der Waals surface area contributed by atoms with Gasteiger partial charge >= 0.3 is 5.97 Å². The van der Waals surface area contributed by atoms with Crippen LogP contribution in [0.4, 0.5) is 5.69 Å². The number of carboxylic acids is 1. The van der Waals surface area contributed by atoms with Gasteiger partial charge in [-0.1, -0.05) is 23.2 Å². The highest BCUT2D eigenvalue weighted by Crippen LogP contribution is 2.33. The van der Waals surface area contributed by atoms with E-state index in [2.05, 4.69) is 4.90 Å². The average molecular weight is 303 g/mol. The Morgan fingerprint density at radius 3 is 2.58 bits per heavy atom. The van der Waals surface area contributed by atoms with E-state index < -0.39 is 5.97 Å². The number of hydrogen-bond acceptors (Lipinski definition) is 3. The van der Waals surface area contributed by atoms with Crippen LogP contribution in [0, 0.1) is 5.92 Å². The summed E-state index contributed by atoms with van der Waals surface area (Å²) in [5, 5.41) is 10.1. The summed E-state index contributed by atoms with van der Waals surface area (Å²) >= 11 is 12.3. The quantitative estimate of drug-likeness (QED) is 0.928. The molecule has 104 valence electrons. The number of anilines is 1. The van der Waals surface area contributed by atoms with Crippen molar-refractivity contribution in [2.24, 2.45) is 5.92 Å². The van der Waals surface area contributed by atoms with Crippen LogP contribution in [0.3, 0.4) is 0 Å². The monoisotopic (exact) mass is 302 g/mol. The number of nitrogens with zero attached hydrogens (tertiary/aromatic N) is 2. The molecule has 0 atom stereocenters. The lowest BCUT2D eigenvalue weighted by Gasteiger charge is -2.37. The molecule has 1 aliphatic rings. The maximum absolute atomic E-state index is 10.8. The second-order valence-corrected chi connectivity index (χ2v) is 5.85. The molecule has 0 saturated carbocycles. The minimum Gasteiger partial charge on any atom is -0.481 e. The third-order valence-corrected chi connectivity index (χ3v) is 3.86. The second-order valence-electron chi connectivity index (χ2n) is 5.01. The molecule has 6 heteroatoms. The molecule has 1 aliphatic heterocycles. The van der Waals surface area contributed by atoms with E-state index in [4.69, 9.17) is 28.3 Å². The summed E-state index contributed by atoms with van der Waals surface area (Å²) in [5.74, 6) is -0.986. The Kier molecular flexibility index (Phi) is 4.23. The number of aliphatic carboxylic acids is 1. The van der Waals surface area contributed by atoms with E-state index in [0.717, 1.165) is 11.3 Å². The highest BCUT2D eigenvalue weighted by Gasteiger charge is 2.33. The van der Waals surface area contributed by atoms with Crippen molar-refractivity contribution in [2.75, 3.05) is 32.1 Å². The van der Waals surface area contributed by atoms with Crippen LogP contribution in [-0.4, -0.2) is 43.2 Å². The largest absolute Gasteiger partial charge is 0.481 e. The molecule has 4 nitrogen and oxygen atoms in total. The van der Waals surface area contributed by atoms with Crippen LogP contribution < -0.4 is 4.90 Å². The smallest absolute Gasteiger partial charge is 0.309 e. The van der Waals surface area contributed by atoms with E-state index in [-0.39, 0.29) is 5.92 Å². The van der Waals surface area contributed by atoms with Gasteiger partial charge in [-0.05, 0) is 12.1 Å². The van der Waals surface area contributed by atoms with Gasteiger partial charge in [0.2, 0.25) is 0 Å². The minimum absolute atomic E-state index is 0.256. The molecular formula is C13H16Cl2N2O2. The van der Waals surface area contributed by atoms with Crippen LogP contribution in [0.15, 0.2) is 12.1 Å². The number of carbonyl (C=O) groups is 1. The lowest BCUT2D eigenvalue weighted by atomic mass is 9.99.